The van der Waals surface area contributed by atoms with Gasteiger partial charge in [-0.15, -0.1) is 0 Å². The Kier molecular flexibility index (Phi) is 6.45. The van der Waals surface area contributed by atoms with Crippen molar-refractivity contribution in [2.75, 3.05) is 17.2 Å². The predicted octanol–water partition coefficient (Wildman–Crippen LogP) is 3.28. The number of nitrogens with one attached hydrogen (secondary N) is 4. The van der Waals surface area contributed by atoms with Gasteiger partial charge >= 0.3 is 0 Å². The molecular weight excluding hydrogens is 432 g/mol. The van der Waals surface area contributed by atoms with Crippen molar-refractivity contribution < 1.29 is 9.59 Å². The van der Waals surface area contributed by atoms with Gasteiger partial charge in [0.05, 0.1) is 12.1 Å². The third kappa shape index (κ3) is 5.16. The molecule has 4 aromatic rings. The molecule has 34 heavy (non-hydrogen) atoms. The highest BCUT2D eigenvalue weighted by Crippen LogP contribution is 2.25. The fourth-order valence-corrected chi connectivity index (χ4v) is 3.43. The molecule has 0 spiro atoms. The first kappa shape index (κ1) is 22.4. The molecule has 2 aromatic carbocycles. The van der Waals surface area contributed by atoms with Gasteiger partial charge in [-0.05, 0) is 60.5 Å². The lowest BCUT2D eigenvalue weighted by atomic mass is 10.0. The number of nitrogens with zero attached hydrogens (tertiary/aromatic N) is 2. The van der Waals surface area contributed by atoms with Crippen molar-refractivity contribution in [3.8, 4) is 11.1 Å². The molecule has 0 saturated heterocycles. The molecular formula is C25H22N6O3. The number of aryl methyl sites for hydroxylation is 1. The summed E-state index contributed by atoms with van der Waals surface area (Å²) >= 11 is 0. The molecule has 4 N–H and O–H groups in total. The Bertz CT molecular complexity index is 1460. The highest BCUT2D eigenvalue weighted by Gasteiger charge is 2.09. The average molecular weight is 454 g/mol. The summed E-state index contributed by atoms with van der Waals surface area (Å²) in [4.78, 5) is 47.1. The van der Waals surface area contributed by atoms with Crippen LogP contribution in [-0.2, 0) is 9.59 Å². The molecule has 9 heteroatoms. The molecule has 0 aliphatic carbocycles. The van der Waals surface area contributed by atoms with Gasteiger partial charge in [-0.2, -0.15) is 0 Å². The summed E-state index contributed by atoms with van der Waals surface area (Å²) in [5.41, 5.74) is 4.10. The molecule has 0 radical (unpaired) electrons. The molecule has 170 valence electrons. The molecule has 2 aromatic heterocycles. The molecule has 9 nitrogen and oxygen atoms in total. The van der Waals surface area contributed by atoms with Gasteiger partial charge in [0.1, 0.15) is 0 Å². The first-order valence-electron chi connectivity index (χ1n) is 10.5. The fourth-order valence-electron chi connectivity index (χ4n) is 3.43. The van der Waals surface area contributed by atoms with E-state index in [1.165, 1.54) is 0 Å². The van der Waals surface area contributed by atoms with E-state index >= 15 is 0 Å². The van der Waals surface area contributed by atoms with Crippen molar-refractivity contribution in [2.45, 2.75) is 6.92 Å². The number of rotatable bonds is 7. The third-order valence-corrected chi connectivity index (χ3v) is 5.05. The molecule has 0 unspecified atom stereocenters. The molecule has 2 heterocycles. The molecule has 0 saturated carbocycles. The predicted molar refractivity (Wildman–Crippen MR) is 132 cm³/mol. The molecule has 0 aliphatic heterocycles. The summed E-state index contributed by atoms with van der Waals surface area (Å²) in [6, 6.07) is 14.5. The van der Waals surface area contributed by atoms with Gasteiger partial charge in [0.2, 0.25) is 17.8 Å². The van der Waals surface area contributed by atoms with Crippen molar-refractivity contribution in [1.82, 2.24) is 20.3 Å². The van der Waals surface area contributed by atoms with Crippen molar-refractivity contribution in [3.63, 3.8) is 0 Å². The van der Waals surface area contributed by atoms with E-state index in [0.717, 1.165) is 22.6 Å². The van der Waals surface area contributed by atoms with E-state index < -0.39 is 5.91 Å². The minimum atomic E-state index is -0.420. The van der Waals surface area contributed by atoms with Gasteiger partial charge in [-0.3, -0.25) is 14.4 Å². The van der Waals surface area contributed by atoms with Crippen LogP contribution in [0.2, 0.25) is 0 Å². The number of hydrogen-bond donors (Lipinski definition) is 4. The topological polar surface area (TPSA) is 129 Å². The molecule has 2 amide bonds. The number of carbonyl (C=O) groups is 2. The van der Waals surface area contributed by atoms with Crippen LogP contribution in [0, 0.1) is 6.92 Å². The quantitative estimate of drug-likeness (QED) is 0.317. The number of hydrogen-bond acceptors (Lipinski definition) is 6. The standard InChI is InChI=1S/C25H22N6O3/c1-3-21(32)27-14-22(33)29-18-5-4-6-19(12-18)30-25-28-13-17-11-16(7-8-20(17)31-25)23-15(2)9-10-26-24(23)34/h3-13H,1,14H2,2H3,(H,26,34)(H,27,32)(H,29,33)(H,28,30,31). The summed E-state index contributed by atoms with van der Waals surface area (Å²) in [5, 5.41) is 9.05. The number of amides is 2. The van der Waals surface area contributed by atoms with E-state index in [-0.39, 0.29) is 18.0 Å². The van der Waals surface area contributed by atoms with Crippen LogP contribution in [0.1, 0.15) is 5.56 Å². The Hall–Kier alpha value is -4.79. The van der Waals surface area contributed by atoms with Gasteiger partial charge in [0.15, 0.2) is 0 Å². The second-order valence-corrected chi connectivity index (χ2v) is 7.51. The van der Waals surface area contributed by atoms with Crippen molar-refractivity contribution in [3.05, 3.63) is 89.5 Å². The van der Waals surface area contributed by atoms with Crippen LogP contribution >= 0.6 is 0 Å². The summed E-state index contributed by atoms with van der Waals surface area (Å²) in [6.45, 7) is 5.08. The number of aromatic amines is 1. The van der Waals surface area contributed by atoms with E-state index in [9.17, 15) is 14.4 Å². The van der Waals surface area contributed by atoms with Crippen molar-refractivity contribution in [1.29, 1.82) is 0 Å². The number of aromatic nitrogens is 3. The molecule has 4 rings (SSSR count). The first-order valence-corrected chi connectivity index (χ1v) is 10.5. The monoisotopic (exact) mass is 454 g/mol. The maximum absolute atomic E-state index is 12.3. The number of carbonyl (C=O) groups excluding carboxylic acids is 2. The van der Waals surface area contributed by atoms with Crippen LogP contribution in [0.3, 0.4) is 0 Å². The Balaban J connectivity index is 1.50. The Labute approximate surface area is 195 Å². The van der Waals surface area contributed by atoms with Crippen LogP contribution in [0.5, 0.6) is 0 Å². The number of H-pyrrole nitrogens is 1. The summed E-state index contributed by atoms with van der Waals surface area (Å²) in [6.07, 6.45) is 4.42. The fraction of sp³-hybridized carbons (Fsp3) is 0.0800. The van der Waals surface area contributed by atoms with Gasteiger partial charge in [-0.25, -0.2) is 9.97 Å². The zero-order valence-corrected chi connectivity index (χ0v) is 18.4. The van der Waals surface area contributed by atoms with Crippen molar-refractivity contribution >= 4 is 40.0 Å². The summed E-state index contributed by atoms with van der Waals surface area (Å²) in [5.74, 6) is -0.398. The largest absolute Gasteiger partial charge is 0.343 e. The Morgan fingerprint density at radius 1 is 1.12 bits per heavy atom. The minimum Gasteiger partial charge on any atom is -0.343 e. The van der Waals surface area contributed by atoms with E-state index in [2.05, 4.69) is 37.5 Å². The minimum absolute atomic E-state index is 0.145. The number of benzene rings is 2. The highest BCUT2D eigenvalue weighted by molar-refractivity contribution is 5.96. The van der Waals surface area contributed by atoms with E-state index in [1.54, 1.807) is 30.6 Å². The first-order chi connectivity index (χ1) is 16.4. The lowest BCUT2D eigenvalue weighted by Crippen LogP contribution is -2.31. The lowest BCUT2D eigenvalue weighted by molar-refractivity contribution is -0.121. The number of pyridine rings is 1. The molecule has 0 fully saturated rings. The maximum atomic E-state index is 12.3. The molecule has 0 aliphatic rings. The number of fused-ring (bicyclic) bond motifs is 1. The normalized spacial score (nSPS) is 10.5. The van der Waals surface area contributed by atoms with Crippen LogP contribution < -0.4 is 21.5 Å². The zero-order chi connectivity index (χ0) is 24.1. The highest BCUT2D eigenvalue weighted by atomic mass is 16.2. The van der Waals surface area contributed by atoms with E-state index in [0.29, 0.717) is 28.4 Å². The van der Waals surface area contributed by atoms with E-state index in [4.69, 9.17) is 0 Å². The van der Waals surface area contributed by atoms with Crippen molar-refractivity contribution in [2.24, 2.45) is 0 Å². The summed E-state index contributed by atoms with van der Waals surface area (Å²) in [7, 11) is 0. The van der Waals surface area contributed by atoms with Gasteiger partial charge in [-0.1, -0.05) is 18.7 Å². The van der Waals surface area contributed by atoms with E-state index in [1.807, 2.05) is 37.3 Å². The smallest absolute Gasteiger partial charge is 0.256 e. The molecule has 0 atom stereocenters. The Morgan fingerprint density at radius 2 is 1.94 bits per heavy atom. The SMILES string of the molecule is C=CC(=O)NCC(=O)Nc1cccc(Nc2ncc3cc(-c4c(C)cc[nH]c4=O)ccc3n2)c1. The Morgan fingerprint density at radius 3 is 2.74 bits per heavy atom. The maximum Gasteiger partial charge on any atom is 0.256 e. The lowest BCUT2D eigenvalue weighted by Gasteiger charge is -2.10. The van der Waals surface area contributed by atoms with Crippen LogP contribution in [-0.4, -0.2) is 33.3 Å². The van der Waals surface area contributed by atoms with Gasteiger partial charge in [0, 0.05) is 34.7 Å². The van der Waals surface area contributed by atoms with Crippen LogP contribution in [0.15, 0.2) is 78.4 Å². The third-order valence-electron chi connectivity index (χ3n) is 5.05. The van der Waals surface area contributed by atoms with Crippen LogP contribution in [0.4, 0.5) is 17.3 Å². The zero-order valence-electron chi connectivity index (χ0n) is 18.4. The average Bonchev–Trinajstić information content (AvgIpc) is 2.82. The molecule has 0 bridgehead atoms. The second-order valence-electron chi connectivity index (χ2n) is 7.51. The van der Waals surface area contributed by atoms with Gasteiger partial charge < -0.3 is 20.9 Å². The number of anilines is 3. The summed E-state index contributed by atoms with van der Waals surface area (Å²) < 4.78 is 0. The second kappa shape index (κ2) is 9.78. The van der Waals surface area contributed by atoms with Gasteiger partial charge in [0.25, 0.3) is 5.56 Å². The van der Waals surface area contributed by atoms with Crippen LogP contribution in [0.25, 0.3) is 22.0 Å².